The monoisotopic (exact) mass is 418 g/mol. The normalized spacial score (nSPS) is 15.6. The van der Waals surface area contributed by atoms with Gasteiger partial charge in [-0.3, -0.25) is 10.1 Å². The number of benzene rings is 2. The predicted octanol–water partition coefficient (Wildman–Crippen LogP) is 3.64. The highest BCUT2D eigenvalue weighted by Gasteiger charge is 2.26. The number of amides is 1. The molecule has 1 aliphatic rings. The van der Waals surface area contributed by atoms with Gasteiger partial charge in [-0.2, -0.15) is 4.31 Å². The number of aromatic amines is 1. The summed E-state index contributed by atoms with van der Waals surface area (Å²) in [7, 11) is -3.60. The van der Waals surface area contributed by atoms with Gasteiger partial charge >= 0.3 is 0 Å². The summed E-state index contributed by atoms with van der Waals surface area (Å²) < 4.78 is 27.1. The summed E-state index contributed by atoms with van der Waals surface area (Å²) in [4.78, 5) is 20.0. The van der Waals surface area contributed by atoms with Crippen LogP contribution in [-0.2, 0) is 10.0 Å². The summed E-state index contributed by atoms with van der Waals surface area (Å²) >= 11 is 5.96. The van der Waals surface area contributed by atoms with Gasteiger partial charge < -0.3 is 4.98 Å². The highest BCUT2D eigenvalue weighted by molar-refractivity contribution is 7.89. The lowest BCUT2D eigenvalue weighted by molar-refractivity contribution is 0.102. The second-order valence-electron chi connectivity index (χ2n) is 6.69. The number of nitrogens with one attached hydrogen (secondary N) is 2. The number of carbonyl (C=O) groups excluding carboxylic acids is 1. The Morgan fingerprint density at radius 1 is 1.11 bits per heavy atom. The molecule has 0 atom stereocenters. The molecule has 1 aliphatic heterocycles. The average Bonchev–Trinajstić information content (AvgIpc) is 3.10. The molecule has 1 aromatic heterocycles. The summed E-state index contributed by atoms with van der Waals surface area (Å²) in [5.41, 5.74) is 1.61. The van der Waals surface area contributed by atoms with Gasteiger partial charge in [-0.15, -0.1) is 0 Å². The molecule has 28 heavy (non-hydrogen) atoms. The molecule has 0 saturated carbocycles. The van der Waals surface area contributed by atoms with E-state index in [0.29, 0.717) is 29.1 Å². The van der Waals surface area contributed by atoms with Gasteiger partial charge in [-0.25, -0.2) is 13.4 Å². The molecule has 1 saturated heterocycles. The number of aromatic nitrogens is 2. The van der Waals surface area contributed by atoms with Crippen LogP contribution in [0.15, 0.2) is 47.4 Å². The minimum Gasteiger partial charge on any atom is -0.324 e. The van der Waals surface area contributed by atoms with E-state index in [9.17, 15) is 13.2 Å². The second kappa shape index (κ2) is 7.54. The third-order valence-corrected chi connectivity index (χ3v) is 6.85. The molecule has 0 bridgehead atoms. The van der Waals surface area contributed by atoms with Crippen LogP contribution in [0.5, 0.6) is 0 Å². The fourth-order valence-electron chi connectivity index (χ4n) is 3.27. The first-order valence-electron chi connectivity index (χ1n) is 9.00. The van der Waals surface area contributed by atoms with Crippen LogP contribution in [0.25, 0.3) is 11.0 Å². The van der Waals surface area contributed by atoms with Crippen LogP contribution in [0.2, 0.25) is 5.02 Å². The number of piperidine rings is 1. The Balaban J connectivity index is 1.57. The number of halogens is 1. The number of anilines is 1. The summed E-state index contributed by atoms with van der Waals surface area (Å²) in [6, 6.07) is 11.2. The number of H-pyrrole nitrogens is 1. The molecule has 7 nitrogen and oxygen atoms in total. The zero-order valence-electron chi connectivity index (χ0n) is 15.0. The average molecular weight is 419 g/mol. The van der Waals surface area contributed by atoms with Gasteiger partial charge in [0.25, 0.3) is 5.91 Å². The first kappa shape index (κ1) is 18.9. The van der Waals surface area contributed by atoms with Gasteiger partial charge in [0.2, 0.25) is 16.0 Å². The number of sulfonamides is 1. The third kappa shape index (κ3) is 3.76. The smallest absolute Gasteiger partial charge is 0.258 e. The van der Waals surface area contributed by atoms with E-state index >= 15 is 0 Å². The van der Waals surface area contributed by atoms with Crippen LogP contribution in [0, 0.1) is 0 Å². The maximum atomic E-state index is 12.8. The Hall–Kier alpha value is -2.42. The fourth-order valence-corrected chi connectivity index (χ4v) is 5.01. The molecule has 1 fully saturated rings. The molecule has 0 aliphatic carbocycles. The van der Waals surface area contributed by atoms with Crippen LogP contribution < -0.4 is 5.32 Å². The first-order chi connectivity index (χ1) is 13.4. The van der Waals surface area contributed by atoms with E-state index < -0.39 is 15.9 Å². The number of fused-ring (bicyclic) bond motifs is 1. The topological polar surface area (TPSA) is 95.2 Å². The van der Waals surface area contributed by atoms with Gasteiger partial charge in [0, 0.05) is 23.7 Å². The maximum absolute atomic E-state index is 12.8. The number of nitrogens with zero attached hydrogens (tertiary/aromatic N) is 2. The van der Waals surface area contributed by atoms with Gasteiger partial charge in [-0.05, 0) is 49.2 Å². The van der Waals surface area contributed by atoms with Gasteiger partial charge in [0.05, 0.1) is 15.9 Å². The second-order valence-corrected chi connectivity index (χ2v) is 9.07. The van der Waals surface area contributed by atoms with Crippen LogP contribution in [0.3, 0.4) is 0 Å². The van der Waals surface area contributed by atoms with Gasteiger partial charge in [0.15, 0.2) is 0 Å². The third-order valence-electron chi connectivity index (χ3n) is 4.72. The number of hydrogen-bond donors (Lipinski definition) is 2. The van der Waals surface area contributed by atoms with E-state index in [1.165, 1.54) is 16.4 Å². The van der Waals surface area contributed by atoms with E-state index in [1.54, 1.807) is 30.3 Å². The van der Waals surface area contributed by atoms with Gasteiger partial charge in [0.1, 0.15) is 0 Å². The molecule has 3 aromatic rings. The molecule has 2 aromatic carbocycles. The lowest BCUT2D eigenvalue weighted by Gasteiger charge is -2.26. The summed E-state index contributed by atoms with van der Waals surface area (Å²) in [6.07, 6.45) is 2.75. The number of rotatable bonds is 4. The molecule has 0 spiro atoms. The van der Waals surface area contributed by atoms with E-state index in [1.807, 2.05) is 0 Å². The molecule has 2 N–H and O–H groups in total. The minimum atomic E-state index is -3.60. The molecular weight excluding hydrogens is 400 g/mol. The molecule has 2 heterocycles. The standard InChI is InChI=1S/C19H19ClN4O3S/c20-14-7-8-16-17(12-14)22-19(21-16)23-18(25)13-5-4-6-15(11-13)28(26,27)24-9-2-1-3-10-24/h4-8,11-12H,1-3,9-10H2,(H2,21,22,23,25). The van der Waals surface area contributed by atoms with Crippen molar-refractivity contribution in [1.29, 1.82) is 0 Å². The van der Waals surface area contributed by atoms with Crippen molar-refractivity contribution >= 4 is 44.5 Å². The van der Waals surface area contributed by atoms with Crippen LogP contribution in [0.1, 0.15) is 29.6 Å². The maximum Gasteiger partial charge on any atom is 0.258 e. The lowest BCUT2D eigenvalue weighted by atomic mass is 10.2. The van der Waals surface area contributed by atoms with Crippen LogP contribution in [-0.4, -0.2) is 41.7 Å². The Labute approximate surface area is 167 Å². The zero-order chi connectivity index (χ0) is 19.7. The fraction of sp³-hybridized carbons (Fsp3) is 0.263. The predicted molar refractivity (Wildman–Crippen MR) is 108 cm³/mol. The van der Waals surface area contributed by atoms with Crippen LogP contribution in [0.4, 0.5) is 5.95 Å². The minimum absolute atomic E-state index is 0.124. The molecule has 0 radical (unpaired) electrons. The summed E-state index contributed by atoms with van der Waals surface area (Å²) in [5, 5.41) is 3.23. The van der Waals surface area contributed by atoms with Crippen LogP contribution >= 0.6 is 11.6 Å². The summed E-state index contributed by atoms with van der Waals surface area (Å²) in [6.45, 7) is 1.03. The van der Waals surface area contributed by atoms with Crippen molar-refractivity contribution in [3.63, 3.8) is 0 Å². The highest BCUT2D eigenvalue weighted by atomic mass is 35.5. The van der Waals surface area contributed by atoms with Crippen molar-refractivity contribution in [2.24, 2.45) is 0 Å². The SMILES string of the molecule is O=C(Nc1nc2ccc(Cl)cc2[nH]1)c1cccc(S(=O)(=O)N2CCCCC2)c1. The van der Waals surface area contributed by atoms with E-state index in [0.717, 1.165) is 19.3 Å². The molecule has 9 heteroatoms. The molecule has 1 amide bonds. The zero-order valence-corrected chi connectivity index (χ0v) is 16.6. The van der Waals surface area contributed by atoms with Crippen molar-refractivity contribution in [2.45, 2.75) is 24.2 Å². The van der Waals surface area contributed by atoms with Gasteiger partial charge in [-0.1, -0.05) is 24.1 Å². The van der Waals surface area contributed by atoms with Crippen molar-refractivity contribution in [3.05, 3.63) is 53.1 Å². The largest absolute Gasteiger partial charge is 0.324 e. The van der Waals surface area contributed by atoms with Crippen molar-refractivity contribution in [1.82, 2.24) is 14.3 Å². The van der Waals surface area contributed by atoms with E-state index in [2.05, 4.69) is 15.3 Å². The van der Waals surface area contributed by atoms with Crippen molar-refractivity contribution in [3.8, 4) is 0 Å². The number of carbonyl (C=O) groups is 1. The first-order valence-corrected chi connectivity index (χ1v) is 10.8. The Morgan fingerprint density at radius 2 is 1.89 bits per heavy atom. The van der Waals surface area contributed by atoms with E-state index in [4.69, 9.17) is 11.6 Å². The highest BCUT2D eigenvalue weighted by Crippen LogP contribution is 2.22. The van der Waals surface area contributed by atoms with Crippen molar-refractivity contribution < 1.29 is 13.2 Å². The Morgan fingerprint density at radius 3 is 2.68 bits per heavy atom. The molecule has 0 unspecified atom stereocenters. The molecular formula is C19H19ClN4O3S. The number of hydrogen-bond acceptors (Lipinski definition) is 4. The molecule has 4 rings (SSSR count). The Kier molecular flexibility index (Phi) is 5.09. The number of imidazole rings is 1. The van der Waals surface area contributed by atoms with Crippen molar-refractivity contribution in [2.75, 3.05) is 18.4 Å². The summed E-state index contributed by atoms with van der Waals surface area (Å²) in [5.74, 6) is -0.174. The Bertz CT molecular complexity index is 1140. The van der Waals surface area contributed by atoms with E-state index in [-0.39, 0.29) is 16.4 Å². The quantitative estimate of drug-likeness (QED) is 0.676. The lowest BCUT2D eigenvalue weighted by Crippen LogP contribution is -2.35. The molecule has 146 valence electrons.